The lowest BCUT2D eigenvalue weighted by Gasteiger charge is -2.29. The van der Waals surface area contributed by atoms with Crippen molar-refractivity contribution in [3.63, 3.8) is 0 Å². The zero-order chi connectivity index (χ0) is 32.6. The topological polar surface area (TPSA) is 3.24 Å². The Morgan fingerprint density at radius 2 is 1.12 bits per heavy atom. The maximum atomic E-state index is 2.44. The molecular formula is C47H33NS. The van der Waals surface area contributed by atoms with E-state index in [4.69, 9.17) is 0 Å². The van der Waals surface area contributed by atoms with Crippen molar-refractivity contribution in [1.82, 2.24) is 0 Å². The van der Waals surface area contributed by atoms with Crippen molar-refractivity contribution in [1.29, 1.82) is 0 Å². The minimum Gasteiger partial charge on any atom is -0.310 e. The fraction of sp³-hybridized carbons (Fsp3) is 0.0213. The van der Waals surface area contributed by atoms with Gasteiger partial charge in [-0.05, 0) is 99.1 Å². The number of allylic oxidation sites excluding steroid dienone is 5. The number of anilines is 2. The molecule has 7 aromatic carbocycles. The Morgan fingerprint density at radius 3 is 2.02 bits per heavy atom. The van der Waals surface area contributed by atoms with Crippen LogP contribution in [0.25, 0.3) is 58.8 Å². The van der Waals surface area contributed by atoms with Crippen LogP contribution in [0.15, 0.2) is 194 Å². The minimum atomic E-state index is 0.835. The molecule has 0 saturated carbocycles. The summed E-state index contributed by atoms with van der Waals surface area (Å²) in [7, 11) is 0. The smallest absolute Gasteiger partial charge is 0.0502 e. The lowest BCUT2D eigenvalue weighted by atomic mass is 9.97. The molecule has 8 aromatic rings. The summed E-state index contributed by atoms with van der Waals surface area (Å²) in [4.78, 5) is 2.44. The first kappa shape index (κ1) is 29.2. The fourth-order valence-corrected chi connectivity index (χ4v) is 8.20. The number of nitrogens with zero attached hydrogens (tertiary/aromatic N) is 1. The average Bonchev–Trinajstić information content (AvgIpc) is 3.37. The monoisotopic (exact) mass is 643 g/mol. The third-order valence-electron chi connectivity index (χ3n) is 9.52. The van der Waals surface area contributed by atoms with Gasteiger partial charge in [0.05, 0.1) is 5.70 Å². The van der Waals surface area contributed by atoms with Gasteiger partial charge in [0.2, 0.25) is 0 Å². The van der Waals surface area contributed by atoms with Gasteiger partial charge in [0.1, 0.15) is 0 Å². The van der Waals surface area contributed by atoms with Gasteiger partial charge in [-0.25, -0.2) is 0 Å². The molecule has 0 spiro atoms. The number of rotatable bonds is 6. The lowest BCUT2D eigenvalue weighted by Crippen LogP contribution is -2.17. The molecule has 0 amide bonds. The molecule has 49 heavy (non-hydrogen) atoms. The van der Waals surface area contributed by atoms with Crippen LogP contribution in [-0.2, 0) is 0 Å². The summed E-state index contributed by atoms with van der Waals surface area (Å²) in [5.41, 5.74) is 10.8. The second-order valence-corrected chi connectivity index (χ2v) is 13.6. The fourth-order valence-electron chi connectivity index (χ4n) is 7.06. The van der Waals surface area contributed by atoms with E-state index >= 15 is 0 Å². The van der Waals surface area contributed by atoms with E-state index in [-0.39, 0.29) is 0 Å². The largest absolute Gasteiger partial charge is 0.310 e. The molecule has 0 N–H and O–H groups in total. The van der Waals surface area contributed by atoms with Crippen LogP contribution in [0, 0.1) is 0 Å². The van der Waals surface area contributed by atoms with Crippen LogP contribution in [0.4, 0.5) is 11.4 Å². The van der Waals surface area contributed by atoms with Crippen LogP contribution >= 0.6 is 11.3 Å². The van der Waals surface area contributed by atoms with Gasteiger partial charge in [-0.2, -0.15) is 0 Å². The quantitative estimate of drug-likeness (QED) is 0.174. The number of fused-ring (bicyclic) bond motifs is 4. The molecule has 1 aromatic heterocycles. The molecule has 0 aliphatic heterocycles. The maximum Gasteiger partial charge on any atom is 0.0502 e. The molecule has 9 rings (SSSR count). The third-order valence-corrected chi connectivity index (χ3v) is 10.7. The first-order valence-corrected chi connectivity index (χ1v) is 17.6. The summed E-state index contributed by atoms with van der Waals surface area (Å²) in [5, 5.41) is 5.15. The first-order chi connectivity index (χ1) is 24.3. The van der Waals surface area contributed by atoms with Crippen molar-refractivity contribution in [3.05, 3.63) is 199 Å². The van der Waals surface area contributed by atoms with E-state index in [1.54, 1.807) is 0 Å². The van der Waals surface area contributed by atoms with Crippen LogP contribution < -0.4 is 4.90 Å². The van der Waals surface area contributed by atoms with E-state index in [0.717, 1.165) is 17.8 Å². The highest BCUT2D eigenvalue weighted by atomic mass is 32.1. The number of thiophene rings is 1. The van der Waals surface area contributed by atoms with Gasteiger partial charge in [0.15, 0.2) is 0 Å². The lowest BCUT2D eigenvalue weighted by molar-refractivity contribution is 1.19. The highest BCUT2D eigenvalue weighted by molar-refractivity contribution is 7.25. The summed E-state index contributed by atoms with van der Waals surface area (Å²) in [6, 6.07) is 59.7. The van der Waals surface area contributed by atoms with Gasteiger partial charge in [-0.3, -0.25) is 0 Å². The second-order valence-electron chi connectivity index (χ2n) is 12.5. The highest BCUT2D eigenvalue weighted by Gasteiger charge is 2.20. The van der Waals surface area contributed by atoms with Gasteiger partial charge in [0.25, 0.3) is 0 Å². The highest BCUT2D eigenvalue weighted by Crippen LogP contribution is 2.41. The summed E-state index contributed by atoms with van der Waals surface area (Å²) in [5.74, 6) is 0. The van der Waals surface area contributed by atoms with Crippen molar-refractivity contribution in [3.8, 4) is 22.3 Å². The molecule has 1 aliphatic carbocycles. The Balaban J connectivity index is 1.22. The molecular weight excluding hydrogens is 611 g/mol. The second kappa shape index (κ2) is 12.6. The zero-order valence-corrected chi connectivity index (χ0v) is 27.8. The molecule has 2 heteroatoms. The number of hydrogen-bond donors (Lipinski definition) is 0. The van der Waals surface area contributed by atoms with Crippen molar-refractivity contribution in [2.24, 2.45) is 0 Å². The average molecular weight is 644 g/mol. The molecule has 0 bridgehead atoms. The zero-order valence-electron chi connectivity index (χ0n) is 27.0. The van der Waals surface area contributed by atoms with E-state index in [0.29, 0.717) is 0 Å². The van der Waals surface area contributed by atoms with E-state index in [1.165, 1.54) is 70.0 Å². The normalized spacial score (nSPS) is 13.0. The minimum absolute atomic E-state index is 0.835. The van der Waals surface area contributed by atoms with E-state index in [2.05, 4.69) is 193 Å². The molecule has 232 valence electrons. The van der Waals surface area contributed by atoms with E-state index < -0.39 is 0 Å². The van der Waals surface area contributed by atoms with Gasteiger partial charge < -0.3 is 4.90 Å². The summed E-state index contributed by atoms with van der Waals surface area (Å²) >= 11 is 1.87. The molecule has 0 fully saturated rings. The number of hydrogen-bond acceptors (Lipinski definition) is 2. The van der Waals surface area contributed by atoms with Crippen molar-refractivity contribution >= 4 is 59.2 Å². The molecule has 1 aliphatic rings. The molecule has 0 unspecified atom stereocenters. The van der Waals surface area contributed by atoms with Gasteiger partial charge in [0, 0.05) is 31.5 Å². The SMILES string of the molecule is C1=CCC(c2ccc3c(c2)sc2ccccc23)=C(N(c2ccc(-c3ccccc3)cc2)c2cccc(-c3ccc4ccccc4c3)c2)C=C1. The first-order valence-electron chi connectivity index (χ1n) is 16.8. The van der Waals surface area contributed by atoms with Gasteiger partial charge in [-0.15, -0.1) is 11.3 Å². The van der Waals surface area contributed by atoms with Crippen molar-refractivity contribution in [2.45, 2.75) is 6.42 Å². The summed E-state index contributed by atoms with van der Waals surface area (Å²) < 4.78 is 2.65. The Morgan fingerprint density at radius 1 is 0.429 bits per heavy atom. The Hall–Kier alpha value is -5.96. The van der Waals surface area contributed by atoms with Crippen LogP contribution in [0.1, 0.15) is 12.0 Å². The van der Waals surface area contributed by atoms with Crippen LogP contribution in [0.5, 0.6) is 0 Å². The Labute approximate surface area is 291 Å². The molecule has 1 heterocycles. The number of benzene rings is 7. The molecule has 0 atom stereocenters. The van der Waals surface area contributed by atoms with Crippen LogP contribution in [-0.4, -0.2) is 0 Å². The van der Waals surface area contributed by atoms with E-state index in [9.17, 15) is 0 Å². The maximum absolute atomic E-state index is 2.44. The predicted molar refractivity (Wildman–Crippen MR) is 213 cm³/mol. The van der Waals surface area contributed by atoms with Crippen LogP contribution in [0.3, 0.4) is 0 Å². The summed E-state index contributed by atoms with van der Waals surface area (Å²) in [6.45, 7) is 0. The summed E-state index contributed by atoms with van der Waals surface area (Å²) in [6.07, 6.45) is 9.74. The van der Waals surface area contributed by atoms with Crippen LogP contribution in [0.2, 0.25) is 0 Å². The third kappa shape index (κ3) is 5.57. The molecule has 1 nitrogen and oxygen atoms in total. The van der Waals surface area contributed by atoms with Crippen molar-refractivity contribution < 1.29 is 0 Å². The molecule has 0 saturated heterocycles. The van der Waals surface area contributed by atoms with Gasteiger partial charge >= 0.3 is 0 Å². The Kier molecular flexibility index (Phi) is 7.49. The standard InChI is InChI=1S/C47H33NS/c1-3-12-33(13-4-1)35-24-27-40(28-25-35)48(41-17-11-16-37(31-41)38-23-22-34-14-7-8-15-36(34)30-38)45-20-6-2-5-18-42(45)39-26-29-44-43-19-9-10-21-46(43)49-47(44)32-39/h1-17,19-32H,18H2. The van der Waals surface area contributed by atoms with Gasteiger partial charge in [-0.1, -0.05) is 140 Å². The van der Waals surface area contributed by atoms with E-state index in [1.807, 2.05) is 11.3 Å². The van der Waals surface area contributed by atoms with Crippen molar-refractivity contribution in [2.75, 3.05) is 4.90 Å². The molecule has 0 radical (unpaired) electrons. The predicted octanol–water partition coefficient (Wildman–Crippen LogP) is 13.6. The Bertz CT molecular complexity index is 2570.